The van der Waals surface area contributed by atoms with Crippen LogP contribution in [0.1, 0.15) is 5.56 Å². The van der Waals surface area contributed by atoms with E-state index < -0.39 is 0 Å². The second-order valence-electron chi connectivity index (χ2n) is 2.89. The lowest BCUT2D eigenvalue weighted by Gasteiger charge is -1.98. The Morgan fingerprint density at radius 3 is 2.86 bits per heavy atom. The van der Waals surface area contributed by atoms with Gasteiger partial charge in [-0.2, -0.15) is 0 Å². The van der Waals surface area contributed by atoms with Crippen LogP contribution >= 0.6 is 0 Å². The molecule has 0 aliphatic carbocycles. The van der Waals surface area contributed by atoms with Crippen molar-refractivity contribution in [3.8, 4) is 12.3 Å². The van der Waals surface area contributed by atoms with Crippen LogP contribution in [0.5, 0.6) is 0 Å². The van der Waals surface area contributed by atoms with Gasteiger partial charge in [-0.1, -0.05) is 5.92 Å². The minimum Gasteiger partial charge on any atom is -0.321 e. The Morgan fingerprint density at radius 2 is 2.14 bits per heavy atom. The zero-order valence-electron chi connectivity index (χ0n) is 7.17. The lowest BCUT2D eigenvalue weighted by molar-refractivity contribution is 0.629. The zero-order chi connectivity index (χ0) is 10.1. The number of fused-ring (bicyclic) bond motifs is 1. The molecule has 0 unspecified atom stereocenters. The highest BCUT2D eigenvalue weighted by atomic mass is 19.1. The van der Waals surface area contributed by atoms with Crippen LogP contribution in [0, 0.1) is 18.2 Å². The molecule has 14 heavy (non-hydrogen) atoms. The Bertz CT molecular complexity index is 592. The Balaban J connectivity index is 2.89. The van der Waals surface area contributed by atoms with Crippen LogP contribution in [0.4, 0.5) is 4.39 Å². The van der Waals surface area contributed by atoms with Gasteiger partial charge in [-0.15, -0.1) is 6.42 Å². The van der Waals surface area contributed by atoms with Gasteiger partial charge in [0.1, 0.15) is 5.82 Å². The minimum atomic E-state index is -0.354. The van der Waals surface area contributed by atoms with Crippen molar-refractivity contribution in [1.82, 2.24) is 4.98 Å². The number of aromatic amines is 1. The lowest BCUT2D eigenvalue weighted by atomic mass is 10.1. The maximum atomic E-state index is 12.8. The fourth-order valence-electron chi connectivity index (χ4n) is 1.28. The average Bonchev–Trinajstić information content (AvgIpc) is 2.17. The second kappa shape index (κ2) is 3.00. The standard InChI is InChI=1S/C11H6FNO/c1-2-7-5-8-6-9(12)3-4-10(8)13-11(7)14/h1,3-6H,(H,13,14). The number of halogens is 1. The molecule has 1 aromatic heterocycles. The first-order chi connectivity index (χ1) is 6.70. The number of hydrogen-bond acceptors (Lipinski definition) is 1. The van der Waals surface area contributed by atoms with Crippen molar-refractivity contribution in [2.75, 3.05) is 0 Å². The summed E-state index contributed by atoms with van der Waals surface area (Å²) in [6, 6.07) is 5.61. The van der Waals surface area contributed by atoms with E-state index in [9.17, 15) is 9.18 Å². The summed E-state index contributed by atoms with van der Waals surface area (Å²) in [5, 5.41) is 0.595. The van der Waals surface area contributed by atoms with Gasteiger partial charge in [-0.25, -0.2) is 4.39 Å². The number of rotatable bonds is 0. The van der Waals surface area contributed by atoms with Gasteiger partial charge in [0.05, 0.1) is 5.56 Å². The largest absolute Gasteiger partial charge is 0.321 e. The minimum absolute atomic E-state index is 0.211. The van der Waals surface area contributed by atoms with Crippen molar-refractivity contribution in [1.29, 1.82) is 0 Å². The molecule has 3 heteroatoms. The van der Waals surface area contributed by atoms with Crippen molar-refractivity contribution in [2.24, 2.45) is 0 Å². The first kappa shape index (κ1) is 8.52. The normalized spacial score (nSPS) is 10.0. The van der Waals surface area contributed by atoms with E-state index in [4.69, 9.17) is 6.42 Å². The zero-order valence-corrected chi connectivity index (χ0v) is 7.17. The monoisotopic (exact) mass is 187 g/mol. The molecule has 0 radical (unpaired) electrons. The van der Waals surface area contributed by atoms with Gasteiger partial charge in [0.2, 0.25) is 0 Å². The number of nitrogens with one attached hydrogen (secondary N) is 1. The fourth-order valence-corrected chi connectivity index (χ4v) is 1.28. The summed E-state index contributed by atoms with van der Waals surface area (Å²) in [5.74, 6) is 1.89. The summed E-state index contributed by atoms with van der Waals surface area (Å²) in [7, 11) is 0. The van der Waals surface area contributed by atoms with E-state index in [0.717, 1.165) is 0 Å². The Morgan fingerprint density at radius 1 is 1.36 bits per heavy atom. The Kier molecular flexibility index (Phi) is 1.83. The third-order valence-electron chi connectivity index (χ3n) is 1.96. The number of aromatic nitrogens is 1. The van der Waals surface area contributed by atoms with Crippen LogP contribution in [-0.4, -0.2) is 4.98 Å². The smallest absolute Gasteiger partial charge is 0.264 e. The predicted molar refractivity (Wildman–Crippen MR) is 52.5 cm³/mol. The van der Waals surface area contributed by atoms with Crippen LogP contribution in [0.15, 0.2) is 29.1 Å². The van der Waals surface area contributed by atoms with Crippen molar-refractivity contribution < 1.29 is 4.39 Å². The van der Waals surface area contributed by atoms with Crippen molar-refractivity contribution >= 4 is 10.9 Å². The number of hydrogen-bond donors (Lipinski definition) is 1. The first-order valence-electron chi connectivity index (χ1n) is 4.00. The van der Waals surface area contributed by atoms with E-state index in [-0.39, 0.29) is 16.9 Å². The second-order valence-corrected chi connectivity index (χ2v) is 2.89. The summed E-state index contributed by atoms with van der Waals surface area (Å²) in [6.45, 7) is 0. The third kappa shape index (κ3) is 1.27. The number of pyridine rings is 1. The summed E-state index contributed by atoms with van der Waals surface area (Å²) >= 11 is 0. The molecule has 0 atom stereocenters. The Hall–Kier alpha value is -2.08. The van der Waals surface area contributed by atoms with Gasteiger partial charge in [-0.05, 0) is 24.3 Å². The predicted octanol–water partition coefficient (Wildman–Crippen LogP) is 1.65. The lowest BCUT2D eigenvalue weighted by Crippen LogP contribution is -2.09. The molecule has 2 rings (SSSR count). The van der Waals surface area contributed by atoms with Crippen molar-refractivity contribution in [3.63, 3.8) is 0 Å². The summed E-state index contributed by atoms with van der Waals surface area (Å²) < 4.78 is 12.8. The molecule has 0 saturated heterocycles. The summed E-state index contributed by atoms with van der Waals surface area (Å²) in [6.07, 6.45) is 5.12. The maximum Gasteiger partial charge on any atom is 0.264 e. The van der Waals surface area contributed by atoms with Gasteiger partial charge in [-0.3, -0.25) is 4.79 Å². The van der Waals surface area contributed by atoms with Crippen LogP contribution in [0.25, 0.3) is 10.9 Å². The fraction of sp³-hybridized carbons (Fsp3) is 0. The Labute approximate surface area is 79.4 Å². The van der Waals surface area contributed by atoms with Crippen LogP contribution in [0.3, 0.4) is 0 Å². The highest BCUT2D eigenvalue weighted by Crippen LogP contribution is 2.12. The molecule has 0 aliphatic heterocycles. The van der Waals surface area contributed by atoms with Gasteiger partial charge in [0, 0.05) is 10.9 Å². The molecule has 0 bridgehead atoms. The molecule has 0 saturated carbocycles. The molecule has 1 N–H and O–H groups in total. The average molecular weight is 187 g/mol. The van der Waals surface area contributed by atoms with E-state index in [2.05, 4.69) is 10.9 Å². The molecule has 1 aromatic carbocycles. The molecule has 2 nitrogen and oxygen atoms in total. The van der Waals surface area contributed by atoms with Crippen LogP contribution in [-0.2, 0) is 0 Å². The quantitative estimate of drug-likeness (QED) is 0.625. The molecular formula is C11H6FNO. The molecule has 0 amide bonds. The molecular weight excluding hydrogens is 181 g/mol. The van der Waals surface area contributed by atoms with E-state index in [1.807, 2.05) is 0 Å². The first-order valence-corrected chi connectivity index (χ1v) is 4.00. The van der Waals surface area contributed by atoms with Gasteiger partial charge < -0.3 is 4.98 Å². The van der Waals surface area contributed by atoms with E-state index >= 15 is 0 Å². The highest BCUT2D eigenvalue weighted by molar-refractivity contribution is 5.79. The third-order valence-corrected chi connectivity index (χ3v) is 1.96. The topological polar surface area (TPSA) is 32.9 Å². The van der Waals surface area contributed by atoms with E-state index in [0.29, 0.717) is 10.9 Å². The van der Waals surface area contributed by atoms with Gasteiger partial charge >= 0.3 is 0 Å². The molecule has 0 fully saturated rings. The molecule has 2 aromatic rings. The molecule has 68 valence electrons. The van der Waals surface area contributed by atoms with Gasteiger partial charge in [0.25, 0.3) is 5.56 Å². The van der Waals surface area contributed by atoms with E-state index in [1.165, 1.54) is 24.3 Å². The summed E-state index contributed by atoms with van der Waals surface area (Å²) in [5.41, 5.74) is 0.463. The van der Waals surface area contributed by atoms with Crippen molar-refractivity contribution in [2.45, 2.75) is 0 Å². The highest BCUT2D eigenvalue weighted by Gasteiger charge is 2.00. The summed E-state index contributed by atoms with van der Waals surface area (Å²) in [4.78, 5) is 13.8. The van der Waals surface area contributed by atoms with E-state index in [1.54, 1.807) is 0 Å². The SMILES string of the molecule is C#Cc1cc2cc(F)ccc2[nH]c1=O. The number of benzene rings is 1. The number of H-pyrrole nitrogens is 1. The molecule has 1 heterocycles. The van der Waals surface area contributed by atoms with Crippen LogP contribution < -0.4 is 5.56 Å². The number of terminal acetylenes is 1. The van der Waals surface area contributed by atoms with Crippen molar-refractivity contribution in [3.05, 3.63) is 46.0 Å². The molecule has 0 aliphatic rings. The maximum absolute atomic E-state index is 12.8. The van der Waals surface area contributed by atoms with Gasteiger partial charge in [0.15, 0.2) is 0 Å². The molecule has 0 spiro atoms. The van der Waals surface area contributed by atoms with Crippen LogP contribution in [0.2, 0.25) is 0 Å².